The molecule has 0 spiro atoms. The largest absolute Gasteiger partial charge is 0.493 e. The van der Waals surface area contributed by atoms with Crippen molar-refractivity contribution >= 4 is 11.8 Å². The first kappa shape index (κ1) is 29.0. The first-order chi connectivity index (χ1) is 17.0. The Bertz CT molecular complexity index is 1050. The van der Waals surface area contributed by atoms with Gasteiger partial charge in [-0.2, -0.15) is 0 Å². The van der Waals surface area contributed by atoms with Crippen LogP contribution in [0.5, 0.6) is 17.2 Å². The minimum atomic E-state index is -0.443. The van der Waals surface area contributed by atoms with E-state index in [4.69, 9.17) is 14.2 Å². The molecule has 7 nitrogen and oxygen atoms in total. The number of rotatable bonds is 12. The number of ether oxygens (including phenoxy) is 3. The van der Waals surface area contributed by atoms with Gasteiger partial charge in [-0.1, -0.05) is 53.7 Å². The van der Waals surface area contributed by atoms with E-state index in [0.29, 0.717) is 30.1 Å². The zero-order valence-corrected chi connectivity index (χ0v) is 23.0. The highest BCUT2D eigenvalue weighted by Crippen LogP contribution is 2.38. The topological polar surface area (TPSA) is 85.9 Å². The Kier molecular flexibility index (Phi) is 10.2. The molecule has 0 aliphatic rings. The molecule has 0 aliphatic heterocycles. The fourth-order valence-electron chi connectivity index (χ4n) is 3.65. The van der Waals surface area contributed by atoms with Crippen molar-refractivity contribution in [1.29, 1.82) is 0 Å². The van der Waals surface area contributed by atoms with Gasteiger partial charge in [0.15, 0.2) is 11.5 Å². The quantitative estimate of drug-likeness (QED) is 0.290. The molecule has 0 aromatic heterocycles. The number of hydrogen-bond acceptors (Lipinski definition) is 5. The standard InChI is InChI=1S/C29H42N2O5/c1-9-28(3,4)21-14-16-23(22(19-21)29(5,6)10-2)36-17-11-12-26(32)30-31-27(33)20-13-15-24(34-7)25(18-20)35-8/h13-16,18-19H,9-12,17H2,1-8H3,(H,30,32)(H,31,33). The summed E-state index contributed by atoms with van der Waals surface area (Å²) in [6.07, 6.45) is 2.78. The SMILES string of the molecule is CCC(C)(C)c1ccc(OCCCC(=O)NNC(=O)c2ccc(OC)c(OC)c2)c(C(C)(C)CC)c1. The van der Waals surface area contributed by atoms with Crippen LogP contribution in [-0.4, -0.2) is 32.6 Å². The third kappa shape index (κ3) is 7.39. The number of carbonyl (C=O) groups excluding carboxylic acids is 2. The van der Waals surface area contributed by atoms with Crippen LogP contribution in [0.15, 0.2) is 36.4 Å². The highest BCUT2D eigenvalue weighted by molar-refractivity contribution is 5.96. The van der Waals surface area contributed by atoms with E-state index in [1.165, 1.54) is 25.3 Å². The Balaban J connectivity index is 1.92. The lowest BCUT2D eigenvalue weighted by Crippen LogP contribution is -2.41. The molecule has 0 atom stereocenters. The average Bonchev–Trinajstić information content (AvgIpc) is 2.89. The van der Waals surface area contributed by atoms with Gasteiger partial charge in [-0.15, -0.1) is 0 Å². The van der Waals surface area contributed by atoms with Crippen LogP contribution in [0.3, 0.4) is 0 Å². The van der Waals surface area contributed by atoms with Crippen LogP contribution in [0, 0.1) is 0 Å². The second-order valence-corrected chi connectivity index (χ2v) is 10.2. The number of hydrazine groups is 1. The molecule has 0 radical (unpaired) electrons. The molecule has 2 aromatic carbocycles. The van der Waals surface area contributed by atoms with Gasteiger partial charge in [-0.05, 0) is 59.9 Å². The van der Waals surface area contributed by atoms with E-state index in [0.717, 1.165) is 18.6 Å². The van der Waals surface area contributed by atoms with Gasteiger partial charge in [0.1, 0.15) is 5.75 Å². The number of amides is 2. The zero-order chi connectivity index (χ0) is 26.9. The Morgan fingerprint density at radius 1 is 0.806 bits per heavy atom. The lowest BCUT2D eigenvalue weighted by molar-refractivity contribution is -0.122. The molecule has 198 valence electrons. The smallest absolute Gasteiger partial charge is 0.269 e. The molecule has 0 unspecified atom stereocenters. The molecular weight excluding hydrogens is 456 g/mol. The highest BCUT2D eigenvalue weighted by atomic mass is 16.5. The molecule has 0 aliphatic carbocycles. The van der Waals surface area contributed by atoms with E-state index in [2.05, 4.69) is 70.6 Å². The molecule has 2 aromatic rings. The third-order valence-corrected chi connectivity index (χ3v) is 7.02. The summed E-state index contributed by atoms with van der Waals surface area (Å²) in [5.41, 5.74) is 7.79. The summed E-state index contributed by atoms with van der Waals surface area (Å²) in [7, 11) is 3.02. The summed E-state index contributed by atoms with van der Waals surface area (Å²) in [6, 6.07) is 11.3. The van der Waals surface area contributed by atoms with Crippen molar-refractivity contribution in [3.05, 3.63) is 53.1 Å². The lowest BCUT2D eigenvalue weighted by Gasteiger charge is -2.30. The second-order valence-electron chi connectivity index (χ2n) is 10.2. The molecule has 0 bridgehead atoms. The number of nitrogens with one attached hydrogen (secondary N) is 2. The molecule has 0 saturated heterocycles. The minimum absolute atomic E-state index is 0.0268. The van der Waals surface area contributed by atoms with Crippen LogP contribution in [0.25, 0.3) is 0 Å². The van der Waals surface area contributed by atoms with Crippen LogP contribution >= 0.6 is 0 Å². The Morgan fingerprint density at radius 2 is 1.44 bits per heavy atom. The van der Waals surface area contributed by atoms with Crippen LogP contribution < -0.4 is 25.1 Å². The number of carbonyl (C=O) groups is 2. The molecule has 2 rings (SSSR count). The molecule has 7 heteroatoms. The van der Waals surface area contributed by atoms with Crippen molar-refractivity contribution in [3.8, 4) is 17.2 Å². The van der Waals surface area contributed by atoms with Gasteiger partial charge in [0.05, 0.1) is 20.8 Å². The van der Waals surface area contributed by atoms with E-state index < -0.39 is 5.91 Å². The van der Waals surface area contributed by atoms with E-state index in [9.17, 15) is 9.59 Å². The van der Waals surface area contributed by atoms with Gasteiger partial charge in [-0.25, -0.2) is 0 Å². The van der Waals surface area contributed by atoms with E-state index in [-0.39, 0.29) is 23.2 Å². The lowest BCUT2D eigenvalue weighted by atomic mass is 9.76. The Hall–Kier alpha value is -3.22. The molecule has 0 saturated carbocycles. The zero-order valence-electron chi connectivity index (χ0n) is 23.0. The van der Waals surface area contributed by atoms with E-state index in [1.54, 1.807) is 18.2 Å². The fraction of sp³-hybridized carbons (Fsp3) is 0.517. The van der Waals surface area contributed by atoms with Crippen molar-refractivity contribution in [2.45, 2.75) is 78.1 Å². The predicted octanol–water partition coefficient (Wildman–Crippen LogP) is 5.70. The van der Waals surface area contributed by atoms with Gasteiger partial charge in [0, 0.05) is 17.5 Å². The maximum atomic E-state index is 12.4. The second kappa shape index (κ2) is 12.7. The first-order valence-corrected chi connectivity index (χ1v) is 12.6. The number of hydrogen-bond donors (Lipinski definition) is 2. The van der Waals surface area contributed by atoms with Crippen molar-refractivity contribution in [1.82, 2.24) is 10.9 Å². The number of methoxy groups -OCH3 is 2. The predicted molar refractivity (Wildman–Crippen MR) is 143 cm³/mol. The highest BCUT2D eigenvalue weighted by Gasteiger charge is 2.26. The van der Waals surface area contributed by atoms with Crippen LogP contribution in [-0.2, 0) is 15.6 Å². The van der Waals surface area contributed by atoms with Crippen molar-refractivity contribution in [2.75, 3.05) is 20.8 Å². The summed E-state index contributed by atoms with van der Waals surface area (Å²) >= 11 is 0. The summed E-state index contributed by atoms with van der Waals surface area (Å²) in [6.45, 7) is 13.8. The van der Waals surface area contributed by atoms with Gasteiger partial charge < -0.3 is 14.2 Å². The maximum Gasteiger partial charge on any atom is 0.269 e. The van der Waals surface area contributed by atoms with Crippen molar-refractivity contribution in [2.24, 2.45) is 0 Å². The monoisotopic (exact) mass is 498 g/mol. The molecule has 2 amide bonds. The summed E-state index contributed by atoms with van der Waals surface area (Å²) < 4.78 is 16.5. The van der Waals surface area contributed by atoms with Gasteiger partial charge in [0.25, 0.3) is 5.91 Å². The molecule has 36 heavy (non-hydrogen) atoms. The Morgan fingerprint density at radius 3 is 2.06 bits per heavy atom. The Labute approximate surface area is 215 Å². The van der Waals surface area contributed by atoms with Crippen molar-refractivity contribution < 1.29 is 23.8 Å². The maximum absolute atomic E-state index is 12.4. The van der Waals surface area contributed by atoms with Gasteiger partial charge in [0.2, 0.25) is 5.91 Å². The van der Waals surface area contributed by atoms with Crippen LogP contribution in [0.1, 0.15) is 88.7 Å². The molecular formula is C29H42N2O5. The fourth-order valence-corrected chi connectivity index (χ4v) is 3.65. The van der Waals surface area contributed by atoms with Crippen molar-refractivity contribution in [3.63, 3.8) is 0 Å². The van der Waals surface area contributed by atoms with E-state index in [1.807, 2.05) is 0 Å². The molecule has 0 fully saturated rings. The molecule has 2 N–H and O–H groups in total. The van der Waals surface area contributed by atoms with Crippen LogP contribution in [0.2, 0.25) is 0 Å². The van der Waals surface area contributed by atoms with Gasteiger partial charge in [-0.3, -0.25) is 20.4 Å². The van der Waals surface area contributed by atoms with Crippen LogP contribution in [0.4, 0.5) is 0 Å². The number of benzene rings is 2. The minimum Gasteiger partial charge on any atom is -0.493 e. The molecule has 0 heterocycles. The third-order valence-electron chi connectivity index (χ3n) is 7.02. The van der Waals surface area contributed by atoms with Gasteiger partial charge >= 0.3 is 0 Å². The normalized spacial score (nSPS) is 11.6. The summed E-state index contributed by atoms with van der Waals surface area (Å²) in [5, 5.41) is 0. The summed E-state index contributed by atoms with van der Waals surface area (Å²) in [4.78, 5) is 24.6. The van der Waals surface area contributed by atoms with E-state index >= 15 is 0 Å². The summed E-state index contributed by atoms with van der Waals surface area (Å²) in [5.74, 6) is 1.08. The average molecular weight is 499 g/mol. The first-order valence-electron chi connectivity index (χ1n) is 12.6.